The third kappa shape index (κ3) is 3.76. The van der Waals surface area contributed by atoms with E-state index in [0.29, 0.717) is 34.4 Å². The van der Waals surface area contributed by atoms with Gasteiger partial charge in [-0.25, -0.2) is 4.68 Å². The number of carbonyl (C=O) groups is 1. The zero-order chi connectivity index (χ0) is 19.6. The number of nitrogens with zero attached hydrogens (tertiary/aromatic N) is 2. The number of hydrogen-bond acceptors (Lipinski definition) is 5. The first-order valence-electron chi connectivity index (χ1n) is 8.65. The van der Waals surface area contributed by atoms with Crippen LogP contribution in [0, 0.1) is 5.92 Å². The van der Waals surface area contributed by atoms with Gasteiger partial charge in [0.15, 0.2) is 5.69 Å². The third-order valence-electron chi connectivity index (χ3n) is 4.13. The van der Waals surface area contributed by atoms with E-state index in [-0.39, 0.29) is 17.2 Å². The number of fused-ring (bicyclic) bond motifs is 1. The van der Waals surface area contributed by atoms with Crippen LogP contribution < -0.4 is 21.3 Å². The minimum absolute atomic E-state index is 0.174. The molecule has 2 aromatic carbocycles. The zero-order valence-corrected chi connectivity index (χ0v) is 15.5. The van der Waals surface area contributed by atoms with Crippen LogP contribution in [0.3, 0.4) is 0 Å². The number of aromatic nitrogens is 2. The molecule has 27 heavy (non-hydrogen) atoms. The maximum absolute atomic E-state index is 12.9. The fourth-order valence-electron chi connectivity index (χ4n) is 2.82. The van der Waals surface area contributed by atoms with E-state index in [2.05, 4.69) is 10.4 Å². The van der Waals surface area contributed by atoms with Crippen LogP contribution in [-0.4, -0.2) is 22.8 Å². The summed E-state index contributed by atoms with van der Waals surface area (Å²) >= 11 is 0. The van der Waals surface area contributed by atoms with Crippen LogP contribution in [0.25, 0.3) is 10.8 Å². The number of methoxy groups -OCH3 is 1. The van der Waals surface area contributed by atoms with Crippen molar-refractivity contribution in [2.75, 3.05) is 18.2 Å². The maximum Gasteiger partial charge on any atom is 0.276 e. The first-order valence-corrected chi connectivity index (χ1v) is 8.65. The molecule has 1 amide bonds. The molecule has 0 aliphatic rings. The highest BCUT2D eigenvalue weighted by Gasteiger charge is 2.18. The van der Waals surface area contributed by atoms with Gasteiger partial charge in [-0.2, -0.15) is 5.10 Å². The van der Waals surface area contributed by atoms with Gasteiger partial charge in [0.25, 0.3) is 11.5 Å². The lowest BCUT2D eigenvalue weighted by Crippen LogP contribution is -2.29. The van der Waals surface area contributed by atoms with Crippen molar-refractivity contribution < 1.29 is 9.53 Å². The predicted octanol–water partition coefficient (Wildman–Crippen LogP) is 2.90. The Morgan fingerprint density at radius 1 is 1.22 bits per heavy atom. The van der Waals surface area contributed by atoms with Crippen molar-refractivity contribution in [3.63, 3.8) is 0 Å². The van der Waals surface area contributed by atoms with Crippen molar-refractivity contribution in [3.8, 4) is 5.75 Å². The molecule has 7 nitrogen and oxygen atoms in total. The van der Waals surface area contributed by atoms with Gasteiger partial charge in [-0.3, -0.25) is 9.59 Å². The van der Waals surface area contributed by atoms with Gasteiger partial charge < -0.3 is 15.8 Å². The summed E-state index contributed by atoms with van der Waals surface area (Å²) in [7, 11) is 1.54. The average Bonchev–Trinajstić information content (AvgIpc) is 2.65. The summed E-state index contributed by atoms with van der Waals surface area (Å²) in [4.78, 5) is 25.6. The van der Waals surface area contributed by atoms with E-state index < -0.39 is 5.91 Å². The van der Waals surface area contributed by atoms with E-state index in [1.165, 1.54) is 11.8 Å². The number of rotatable bonds is 5. The summed E-state index contributed by atoms with van der Waals surface area (Å²) in [5, 5.41) is 8.06. The van der Waals surface area contributed by atoms with Gasteiger partial charge in [0.05, 0.1) is 23.9 Å². The van der Waals surface area contributed by atoms with Crippen LogP contribution in [-0.2, 0) is 6.54 Å². The molecule has 140 valence electrons. The molecule has 1 aromatic heterocycles. The first-order chi connectivity index (χ1) is 12.9. The van der Waals surface area contributed by atoms with Crippen LogP contribution >= 0.6 is 0 Å². The van der Waals surface area contributed by atoms with E-state index in [1.807, 2.05) is 13.8 Å². The summed E-state index contributed by atoms with van der Waals surface area (Å²) in [5.74, 6) is 0.340. The molecule has 0 saturated heterocycles. The van der Waals surface area contributed by atoms with E-state index in [4.69, 9.17) is 10.5 Å². The lowest BCUT2D eigenvalue weighted by Gasteiger charge is -2.14. The Labute approximate surface area is 156 Å². The molecule has 3 rings (SSSR count). The van der Waals surface area contributed by atoms with Crippen molar-refractivity contribution in [1.29, 1.82) is 0 Å². The van der Waals surface area contributed by atoms with E-state index in [9.17, 15) is 9.59 Å². The minimum Gasteiger partial charge on any atom is -0.497 e. The van der Waals surface area contributed by atoms with Crippen molar-refractivity contribution in [2.45, 2.75) is 20.4 Å². The Morgan fingerprint density at radius 3 is 2.59 bits per heavy atom. The quantitative estimate of drug-likeness (QED) is 0.677. The van der Waals surface area contributed by atoms with Gasteiger partial charge >= 0.3 is 0 Å². The Balaban J connectivity index is 2.09. The van der Waals surface area contributed by atoms with Gasteiger partial charge in [0, 0.05) is 18.0 Å². The number of amides is 1. The van der Waals surface area contributed by atoms with Gasteiger partial charge in [-0.05, 0) is 24.1 Å². The molecule has 0 unspecified atom stereocenters. The Hall–Kier alpha value is -3.35. The Morgan fingerprint density at radius 2 is 1.93 bits per heavy atom. The Bertz CT molecular complexity index is 1060. The van der Waals surface area contributed by atoms with Gasteiger partial charge in [0.1, 0.15) is 5.75 Å². The van der Waals surface area contributed by atoms with Crippen LogP contribution in [0.15, 0.2) is 47.3 Å². The molecule has 7 heteroatoms. The summed E-state index contributed by atoms with van der Waals surface area (Å²) in [5.41, 5.74) is 6.75. The molecular weight excluding hydrogens is 344 g/mol. The highest BCUT2D eigenvalue weighted by atomic mass is 16.5. The monoisotopic (exact) mass is 366 g/mol. The SMILES string of the molecule is COc1ccc(N)c(NC(=O)c2nn(CC(C)C)c(=O)c3ccccc23)c1. The second-order valence-corrected chi connectivity index (χ2v) is 6.68. The number of hydrogen-bond donors (Lipinski definition) is 2. The standard InChI is InChI=1S/C20H22N4O3/c1-12(2)11-24-20(26)15-7-5-4-6-14(15)18(23-24)19(25)22-17-10-13(27-3)8-9-16(17)21/h4-10,12H,11,21H2,1-3H3,(H,22,25). The molecule has 1 heterocycles. The lowest BCUT2D eigenvalue weighted by molar-refractivity contribution is 0.102. The molecular formula is C20H22N4O3. The summed E-state index contributed by atoms with van der Waals surface area (Å²) in [6.45, 7) is 4.39. The van der Waals surface area contributed by atoms with Crippen molar-refractivity contribution in [2.24, 2.45) is 5.92 Å². The number of benzene rings is 2. The van der Waals surface area contributed by atoms with Crippen LogP contribution in [0.1, 0.15) is 24.3 Å². The molecule has 0 fully saturated rings. The number of nitrogens with two attached hydrogens (primary N) is 1. The molecule has 0 spiro atoms. The van der Waals surface area contributed by atoms with Gasteiger partial charge in [-0.15, -0.1) is 0 Å². The molecule has 0 aliphatic heterocycles. The minimum atomic E-state index is -0.441. The second kappa shape index (κ2) is 7.49. The first kappa shape index (κ1) is 18.4. The van der Waals surface area contributed by atoms with E-state index >= 15 is 0 Å². The summed E-state index contributed by atoms with van der Waals surface area (Å²) in [6.07, 6.45) is 0. The molecule has 3 N–H and O–H groups in total. The van der Waals surface area contributed by atoms with Crippen molar-refractivity contribution >= 4 is 28.1 Å². The Kier molecular flexibility index (Phi) is 5.12. The fraction of sp³-hybridized carbons (Fsp3) is 0.250. The van der Waals surface area contributed by atoms with E-state index in [1.54, 1.807) is 42.5 Å². The van der Waals surface area contributed by atoms with Crippen LogP contribution in [0.2, 0.25) is 0 Å². The van der Waals surface area contributed by atoms with E-state index in [0.717, 1.165) is 0 Å². The molecule has 0 aliphatic carbocycles. The maximum atomic E-state index is 12.9. The topological polar surface area (TPSA) is 99.2 Å². The average molecular weight is 366 g/mol. The van der Waals surface area contributed by atoms with Crippen molar-refractivity contribution in [3.05, 3.63) is 58.5 Å². The zero-order valence-electron chi connectivity index (χ0n) is 15.5. The number of ether oxygens (including phenoxy) is 1. The molecule has 0 atom stereocenters. The molecule has 0 bridgehead atoms. The van der Waals surface area contributed by atoms with Crippen LogP contribution in [0.4, 0.5) is 11.4 Å². The highest BCUT2D eigenvalue weighted by Crippen LogP contribution is 2.25. The second-order valence-electron chi connectivity index (χ2n) is 6.68. The predicted molar refractivity (Wildman–Crippen MR) is 106 cm³/mol. The summed E-state index contributed by atoms with van der Waals surface area (Å²) in [6, 6.07) is 12.0. The normalized spacial score (nSPS) is 11.0. The van der Waals surface area contributed by atoms with Crippen LogP contribution in [0.5, 0.6) is 5.75 Å². The van der Waals surface area contributed by atoms with Crippen molar-refractivity contribution in [1.82, 2.24) is 9.78 Å². The van der Waals surface area contributed by atoms with Gasteiger partial charge in [0.2, 0.25) is 0 Å². The summed E-state index contributed by atoms with van der Waals surface area (Å²) < 4.78 is 6.52. The molecule has 0 saturated carbocycles. The number of anilines is 2. The highest BCUT2D eigenvalue weighted by molar-refractivity contribution is 6.12. The number of nitrogens with one attached hydrogen (secondary N) is 1. The molecule has 3 aromatic rings. The fourth-order valence-corrected chi connectivity index (χ4v) is 2.82. The third-order valence-corrected chi connectivity index (χ3v) is 4.13. The molecule has 0 radical (unpaired) electrons. The lowest BCUT2D eigenvalue weighted by atomic mass is 10.1. The largest absolute Gasteiger partial charge is 0.497 e. The number of nitrogen functional groups attached to an aromatic ring is 1. The smallest absolute Gasteiger partial charge is 0.276 e. The van der Waals surface area contributed by atoms with Gasteiger partial charge in [-0.1, -0.05) is 32.0 Å². The number of carbonyl (C=O) groups excluding carboxylic acids is 1.